The zero-order valence-electron chi connectivity index (χ0n) is 37.4. The Hall–Kier alpha value is -8.40. The van der Waals surface area contributed by atoms with Crippen LogP contribution in [0.5, 0.6) is 11.5 Å². The van der Waals surface area contributed by atoms with E-state index in [4.69, 9.17) is 4.74 Å². The van der Waals surface area contributed by atoms with E-state index < -0.39 is 154 Å². The molecule has 396 valence electrons. The van der Waals surface area contributed by atoms with Crippen LogP contribution in [0, 0.1) is 128 Å². The maximum Gasteiger partial charge on any atom is 0.213 e. The molecule has 0 fully saturated rings. The van der Waals surface area contributed by atoms with E-state index in [1.54, 1.807) is 48.5 Å². The Morgan fingerprint density at radius 2 is 0.636 bits per heavy atom. The average molecular weight is 1120 g/mol. The van der Waals surface area contributed by atoms with Gasteiger partial charge in [-0.25, -0.2) is 87.8 Å². The van der Waals surface area contributed by atoms with Gasteiger partial charge in [-0.15, -0.1) is 21.9 Å². The van der Waals surface area contributed by atoms with Crippen LogP contribution in [0.15, 0.2) is 120 Å². The van der Waals surface area contributed by atoms with Crippen molar-refractivity contribution in [2.75, 3.05) is 5.75 Å². The van der Waals surface area contributed by atoms with Crippen LogP contribution < -0.4 is 26.6 Å². The lowest BCUT2D eigenvalue weighted by Gasteiger charge is -2.44. The predicted molar refractivity (Wildman–Crippen MR) is 237 cm³/mol. The van der Waals surface area contributed by atoms with Crippen molar-refractivity contribution < 1.29 is 102 Å². The van der Waals surface area contributed by atoms with Crippen molar-refractivity contribution in [2.45, 2.75) is 4.90 Å². The van der Waals surface area contributed by atoms with Gasteiger partial charge in [-0.2, -0.15) is 0 Å². The van der Waals surface area contributed by atoms with Gasteiger partial charge in [0.15, 0.2) is 85.7 Å². The van der Waals surface area contributed by atoms with E-state index in [0.29, 0.717) is 16.2 Å². The van der Waals surface area contributed by atoms with Crippen molar-refractivity contribution in [2.24, 2.45) is 0 Å². The Balaban J connectivity index is 0.000000236. The molecule has 0 amide bonds. The third-order valence-electron chi connectivity index (χ3n) is 11.5. The SMILES string of the molecule is Fc1c(F)c(F)c([B-](c2c(F)c(F)c(F)c(F)c2F)(c2c(F)c(F)c(F)c(F)c2F)c2c(F)c(F)c(F)c(F)c2F)c(F)c1F.O=C(C[S+](=O)(C#Cc1ccccc1)c1ccccc1)c1ccc(Oc2ccccc2)cc1. The van der Waals surface area contributed by atoms with Gasteiger partial charge in [0, 0.05) is 11.1 Å². The van der Waals surface area contributed by atoms with Crippen LogP contribution in [0.1, 0.15) is 15.9 Å². The Morgan fingerprint density at radius 1 is 0.364 bits per heavy atom. The number of carbonyl (C=O) groups is 1. The highest BCUT2D eigenvalue weighted by molar-refractivity contribution is 8.07. The lowest BCUT2D eigenvalue weighted by Crippen LogP contribution is -2.81. The first-order valence-corrected chi connectivity index (χ1v) is 22.8. The lowest BCUT2D eigenvalue weighted by molar-refractivity contribution is 0.102. The molecule has 8 rings (SSSR count). The topological polar surface area (TPSA) is 43.4 Å². The molecule has 0 spiro atoms. The first kappa shape index (κ1) is 56.3. The summed E-state index contributed by atoms with van der Waals surface area (Å²) in [6.07, 6.45) is -7.22. The van der Waals surface area contributed by atoms with Gasteiger partial charge in [-0.3, -0.25) is 4.79 Å². The van der Waals surface area contributed by atoms with Crippen LogP contribution in [0.3, 0.4) is 0 Å². The first-order chi connectivity index (χ1) is 36.3. The molecule has 0 aromatic heterocycles. The number of para-hydroxylation sites is 1. The number of carbonyl (C=O) groups excluding carboxylic acids is 1. The minimum absolute atomic E-state index is 0.185. The molecule has 1 atom stereocenters. The van der Waals surface area contributed by atoms with E-state index in [2.05, 4.69) is 11.2 Å². The van der Waals surface area contributed by atoms with Crippen LogP contribution >= 0.6 is 0 Å². The van der Waals surface area contributed by atoms with Gasteiger partial charge in [-0.05, 0) is 66.6 Å². The number of rotatable bonds is 10. The quantitative estimate of drug-likeness (QED) is 0.0261. The summed E-state index contributed by atoms with van der Waals surface area (Å²) >= 11 is 0. The monoisotopic (exact) mass is 1120 g/mol. The summed E-state index contributed by atoms with van der Waals surface area (Å²) in [4.78, 5) is 13.6. The van der Waals surface area contributed by atoms with E-state index in [1.807, 2.05) is 66.7 Å². The third kappa shape index (κ3) is 10.00. The molecule has 25 heteroatoms. The zero-order chi connectivity index (χ0) is 56.6. The van der Waals surface area contributed by atoms with Crippen LogP contribution in [0.4, 0.5) is 87.8 Å². The summed E-state index contributed by atoms with van der Waals surface area (Å²) in [6, 6.07) is 34.6. The van der Waals surface area contributed by atoms with Gasteiger partial charge in [0.2, 0.25) is 15.7 Å². The summed E-state index contributed by atoms with van der Waals surface area (Å²) in [5.41, 5.74) is -13.1. The zero-order valence-corrected chi connectivity index (χ0v) is 38.3. The number of hydrogen-bond acceptors (Lipinski definition) is 3. The second-order valence-electron chi connectivity index (χ2n) is 15.9. The van der Waals surface area contributed by atoms with Gasteiger partial charge in [0.05, 0.1) is 0 Å². The Morgan fingerprint density at radius 3 is 0.961 bits per heavy atom. The minimum atomic E-state index is -7.22. The average Bonchev–Trinajstić information content (AvgIpc) is 3.45. The first-order valence-electron chi connectivity index (χ1n) is 21.1. The smallest absolute Gasteiger partial charge is 0.213 e. The highest BCUT2D eigenvalue weighted by Crippen LogP contribution is 2.31. The van der Waals surface area contributed by atoms with Gasteiger partial charge < -0.3 is 4.74 Å². The maximum absolute atomic E-state index is 15.4. The standard InChI is InChI=1S/C28H21O3S.C24BF20/c29-28(24-16-18-26(19-17-24)31-25-12-6-2-7-13-25)22-32(30,27-14-8-3-9-15-27)21-20-23-10-4-1-5-11-23;26-5-1(6(27)14(35)21(42)13(5)34)25(2-7(28)15(36)22(43)16(37)8(2)29,3-9(30)17(38)23(44)18(39)10(3)31)4-11(32)19(40)24(45)20(41)12(4)33/h1-19H,22H2;/q+1;-1. The van der Waals surface area contributed by atoms with Gasteiger partial charge in [0.1, 0.15) is 64.2 Å². The largest absolute Gasteiger partial charge is 0.457 e. The summed E-state index contributed by atoms with van der Waals surface area (Å²) < 4.78 is 314. The minimum Gasteiger partial charge on any atom is -0.457 e. The van der Waals surface area contributed by atoms with E-state index in [0.717, 1.165) is 11.3 Å². The van der Waals surface area contributed by atoms with Crippen molar-refractivity contribution >= 4 is 43.7 Å². The molecule has 8 aromatic carbocycles. The normalized spacial score (nSPS) is 12.1. The molecule has 1 unspecified atom stereocenters. The Kier molecular flexibility index (Phi) is 16.1. The maximum atomic E-state index is 15.4. The van der Waals surface area contributed by atoms with E-state index in [-0.39, 0.29) is 11.5 Å². The summed E-state index contributed by atoms with van der Waals surface area (Å²) in [6.45, 7) is 0. The van der Waals surface area contributed by atoms with Crippen LogP contribution in [0.25, 0.3) is 0 Å². The number of halogens is 20. The van der Waals surface area contributed by atoms with E-state index >= 15 is 35.1 Å². The van der Waals surface area contributed by atoms with E-state index in [9.17, 15) is 61.7 Å². The molecule has 0 heterocycles. The van der Waals surface area contributed by atoms with Crippen molar-refractivity contribution in [3.05, 3.63) is 243 Å². The molecule has 0 radical (unpaired) electrons. The molecule has 0 aliphatic rings. The van der Waals surface area contributed by atoms with Crippen molar-refractivity contribution in [1.82, 2.24) is 0 Å². The molecule has 3 nitrogen and oxygen atoms in total. The second kappa shape index (κ2) is 22.1. The lowest BCUT2D eigenvalue weighted by atomic mass is 9.12. The molecule has 77 heavy (non-hydrogen) atoms. The van der Waals surface area contributed by atoms with Crippen molar-refractivity contribution in [3.63, 3.8) is 0 Å². The third-order valence-corrected chi connectivity index (χ3v) is 13.6. The van der Waals surface area contributed by atoms with Crippen LogP contribution in [-0.2, 0) is 14.1 Å². The number of hydrogen-bond donors (Lipinski definition) is 0. The fourth-order valence-electron chi connectivity index (χ4n) is 7.96. The van der Waals surface area contributed by atoms with Crippen molar-refractivity contribution in [1.29, 1.82) is 0 Å². The number of Topliss-reactive ketones (excluding diaryl/α,β-unsaturated/α-hetero) is 1. The van der Waals surface area contributed by atoms with Crippen molar-refractivity contribution in [3.8, 4) is 22.7 Å². The van der Waals surface area contributed by atoms with Gasteiger partial charge in [-0.1, -0.05) is 58.8 Å². The van der Waals surface area contributed by atoms with Crippen LogP contribution in [0.2, 0.25) is 0 Å². The number of benzene rings is 8. The van der Waals surface area contributed by atoms with Gasteiger partial charge in [0.25, 0.3) is 0 Å². The predicted octanol–water partition coefficient (Wildman–Crippen LogP) is 12.1. The summed E-state index contributed by atoms with van der Waals surface area (Å²) in [5.74, 6) is -67.5. The molecule has 0 saturated carbocycles. The molecule has 0 aliphatic heterocycles. The number of ketones is 1. The molecular weight excluding hydrogens is 1100 g/mol. The Labute approximate surface area is 420 Å². The van der Waals surface area contributed by atoms with Gasteiger partial charge >= 0.3 is 0 Å². The Bertz CT molecular complexity index is 3360. The molecule has 0 N–H and O–H groups in total. The summed E-state index contributed by atoms with van der Waals surface area (Å²) in [5, 5.41) is 2.91. The van der Waals surface area contributed by atoms with E-state index in [1.165, 1.54) is 0 Å². The number of ether oxygens (including phenoxy) is 1. The highest BCUT2D eigenvalue weighted by atomic mass is 32.2. The molecule has 0 bridgehead atoms. The molecule has 0 aliphatic carbocycles. The molecular formula is C52H21BF20O3S. The highest BCUT2D eigenvalue weighted by Gasteiger charge is 2.52. The molecule has 0 saturated heterocycles. The fourth-order valence-corrected chi connectivity index (χ4v) is 9.73. The summed E-state index contributed by atoms with van der Waals surface area (Å²) in [7, 11) is -2.91. The second-order valence-corrected chi connectivity index (χ2v) is 18.2. The van der Waals surface area contributed by atoms with Crippen LogP contribution in [-0.4, -0.2) is 17.7 Å². The molecule has 8 aromatic rings. The fraction of sp³-hybridized carbons (Fsp3) is 0.0192.